The molecule has 0 spiro atoms. The van der Waals surface area contributed by atoms with Crippen LogP contribution < -0.4 is 5.32 Å². The molecule has 3 aromatic rings. The summed E-state index contributed by atoms with van der Waals surface area (Å²) in [5.74, 6) is -0.441. The summed E-state index contributed by atoms with van der Waals surface area (Å²) in [6, 6.07) is 5.21. The maximum atomic E-state index is 12.5. The number of thiazole rings is 1. The summed E-state index contributed by atoms with van der Waals surface area (Å²) in [7, 11) is 0. The maximum absolute atomic E-state index is 12.5. The largest absolute Gasteiger partial charge is 0.427 e. The predicted molar refractivity (Wildman–Crippen MR) is 82.8 cm³/mol. The highest BCUT2D eigenvalue weighted by atomic mass is 35.5. The minimum Gasteiger partial charge on any atom is -0.361 e. The Kier molecular flexibility index (Phi) is 4.03. The van der Waals surface area contributed by atoms with E-state index in [2.05, 4.69) is 15.3 Å². The summed E-state index contributed by atoms with van der Waals surface area (Å²) in [4.78, 5) is 17.7. The van der Waals surface area contributed by atoms with Gasteiger partial charge in [0.05, 0.1) is 12.6 Å². The van der Waals surface area contributed by atoms with Crippen LogP contribution in [0.25, 0.3) is 10.9 Å². The van der Waals surface area contributed by atoms with Gasteiger partial charge >= 0.3 is 6.18 Å². The molecule has 1 amide bonds. The second kappa shape index (κ2) is 5.86. The highest BCUT2D eigenvalue weighted by molar-refractivity contribution is 7.15. The Labute approximate surface area is 137 Å². The number of fused-ring (bicyclic) bond motifs is 1. The third-order valence-electron chi connectivity index (χ3n) is 3.11. The predicted octanol–water partition coefficient (Wildman–Crippen LogP) is 4.48. The molecule has 2 aromatic heterocycles. The molecule has 4 nitrogen and oxygen atoms in total. The number of alkyl halides is 3. The number of nitrogens with zero attached hydrogens (tertiary/aromatic N) is 1. The number of H-pyrrole nitrogens is 1. The molecular weight excluding hydrogens is 351 g/mol. The van der Waals surface area contributed by atoms with Gasteiger partial charge in [0.1, 0.15) is 4.88 Å². The fraction of sp³-hybridized carbons (Fsp3) is 0.143. The van der Waals surface area contributed by atoms with Crippen molar-refractivity contribution in [1.82, 2.24) is 9.97 Å². The first-order chi connectivity index (χ1) is 10.8. The molecule has 0 aliphatic carbocycles. The van der Waals surface area contributed by atoms with Crippen LogP contribution in [0, 0.1) is 0 Å². The fourth-order valence-electron chi connectivity index (χ4n) is 2.10. The van der Waals surface area contributed by atoms with Gasteiger partial charge in [0, 0.05) is 22.1 Å². The smallest absolute Gasteiger partial charge is 0.361 e. The first-order valence-electron chi connectivity index (χ1n) is 6.41. The van der Waals surface area contributed by atoms with Crippen LogP contribution in [0.1, 0.15) is 10.4 Å². The van der Waals surface area contributed by atoms with Crippen molar-refractivity contribution in [2.45, 2.75) is 12.6 Å². The number of aromatic amines is 1. The lowest BCUT2D eigenvalue weighted by Crippen LogP contribution is -2.13. The average Bonchev–Trinajstić information content (AvgIpc) is 3.05. The van der Waals surface area contributed by atoms with Crippen LogP contribution in [-0.4, -0.2) is 15.9 Å². The van der Waals surface area contributed by atoms with E-state index in [-0.39, 0.29) is 11.6 Å². The Morgan fingerprint density at radius 1 is 1.39 bits per heavy atom. The van der Waals surface area contributed by atoms with Gasteiger partial charge in [-0.25, -0.2) is 4.98 Å². The van der Waals surface area contributed by atoms with Crippen molar-refractivity contribution < 1.29 is 18.0 Å². The van der Waals surface area contributed by atoms with Crippen LogP contribution in [-0.2, 0) is 17.4 Å². The quantitative estimate of drug-likeness (QED) is 0.724. The number of rotatable bonds is 3. The number of benzene rings is 1. The van der Waals surface area contributed by atoms with Crippen molar-refractivity contribution in [3.8, 4) is 0 Å². The molecule has 2 N–H and O–H groups in total. The number of amides is 1. The SMILES string of the molecule is O=C(Cc1c[nH]c2cc(Cl)ccc12)Nc1ncc(C(F)(F)F)s1. The van der Waals surface area contributed by atoms with Crippen LogP contribution >= 0.6 is 22.9 Å². The lowest BCUT2D eigenvalue weighted by Gasteiger charge is -2.02. The average molecular weight is 360 g/mol. The molecule has 0 saturated carbocycles. The van der Waals surface area contributed by atoms with Crippen LogP contribution in [0.4, 0.5) is 18.3 Å². The van der Waals surface area contributed by atoms with Crippen molar-refractivity contribution in [3.05, 3.63) is 46.1 Å². The highest BCUT2D eigenvalue weighted by Crippen LogP contribution is 2.35. The van der Waals surface area contributed by atoms with Crippen LogP contribution in [0.3, 0.4) is 0 Å². The van der Waals surface area contributed by atoms with E-state index < -0.39 is 17.0 Å². The van der Waals surface area contributed by atoms with Gasteiger partial charge in [-0.15, -0.1) is 0 Å². The summed E-state index contributed by atoms with van der Waals surface area (Å²) in [5, 5.41) is 3.70. The summed E-state index contributed by atoms with van der Waals surface area (Å²) in [6.45, 7) is 0. The first kappa shape index (κ1) is 15.8. The Hall–Kier alpha value is -2.06. The fourth-order valence-corrected chi connectivity index (χ4v) is 2.98. The van der Waals surface area contributed by atoms with Gasteiger partial charge in [-0.3, -0.25) is 4.79 Å². The molecule has 0 radical (unpaired) electrons. The Bertz CT molecular complexity index is 872. The van der Waals surface area contributed by atoms with E-state index >= 15 is 0 Å². The molecular formula is C14H9ClF3N3OS. The number of aromatic nitrogens is 2. The summed E-state index contributed by atoms with van der Waals surface area (Å²) >= 11 is 6.28. The normalized spacial score (nSPS) is 11.8. The first-order valence-corrected chi connectivity index (χ1v) is 7.61. The minimum absolute atomic E-state index is 0.0164. The molecule has 0 aliphatic heterocycles. The van der Waals surface area contributed by atoms with E-state index in [0.29, 0.717) is 22.6 Å². The summed E-state index contributed by atoms with van der Waals surface area (Å²) in [5.41, 5.74) is 1.51. The molecule has 2 heterocycles. The monoisotopic (exact) mass is 359 g/mol. The molecule has 0 bridgehead atoms. The summed E-state index contributed by atoms with van der Waals surface area (Å²) in [6.07, 6.45) is -2.07. The summed E-state index contributed by atoms with van der Waals surface area (Å²) < 4.78 is 37.5. The van der Waals surface area contributed by atoms with E-state index in [0.717, 1.165) is 16.5 Å². The molecule has 0 fully saturated rings. The van der Waals surface area contributed by atoms with Crippen LogP contribution in [0.2, 0.25) is 5.02 Å². The second-order valence-corrected chi connectivity index (χ2v) is 6.22. The highest BCUT2D eigenvalue weighted by Gasteiger charge is 2.33. The third kappa shape index (κ3) is 3.48. The maximum Gasteiger partial charge on any atom is 0.427 e. The topological polar surface area (TPSA) is 57.8 Å². The Balaban J connectivity index is 1.72. The van der Waals surface area contributed by atoms with Gasteiger partial charge in [0.2, 0.25) is 5.91 Å². The minimum atomic E-state index is -4.46. The van der Waals surface area contributed by atoms with E-state index in [1.54, 1.807) is 24.4 Å². The zero-order valence-corrected chi connectivity index (χ0v) is 12.9. The molecule has 0 aliphatic rings. The number of carbonyl (C=O) groups is 1. The van der Waals surface area contributed by atoms with E-state index in [1.165, 1.54) is 0 Å². The van der Waals surface area contributed by atoms with E-state index in [1.807, 2.05) is 0 Å². The molecule has 120 valence electrons. The van der Waals surface area contributed by atoms with Crippen molar-refractivity contribution in [2.24, 2.45) is 0 Å². The molecule has 0 atom stereocenters. The number of anilines is 1. The standard InChI is InChI=1S/C14H9ClF3N3OS/c15-8-1-2-9-7(5-19-10(9)4-8)3-12(22)21-13-20-6-11(23-13)14(16,17)18/h1-2,4-6,19H,3H2,(H,20,21,22). The Morgan fingerprint density at radius 2 is 2.17 bits per heavy atom. The molecule has 23 heavy (non-hydrogen) atoms. The number of halogens is 4. The van der Waals surface area contributed by atoms with Gasteiger partial charge < -0.3 is 10.3 Å². The van der Waals surface area contributed by atoms with E-state index in [4.69, 9.17) is 11.6 Å². The van der Waals surface area contributed by atoms with Gasteiger partial charge in [0.25, 0.3) is 0 Å². The number of carbonyl (C=O) groups excluding carboxylic acids is 1. The number of nitrogens with one attached hydrogen (secondary N) is 2. The lowest BCUT2D eigenvalue weighted by atomic mass is 10.1. The molecule has 1 aromatic carbocycles. The zero-order chi connectivity index (χ0) is 16.6. The Morgan fingerprint density at radius 3 is 2.87 bits per heavy atom. The molecule has 3 rings (SSSR count). The van der Waals surface area contributed by atoms with Crippen molar-refractivity contribution in [1.29, 1.82) is 0 Å². The van der Waals surface area contributed by atoms with Gasteiger partial charge in [-0.2, -0.15) is 13.2 Å². The van der Waals surface area contributed by atoms with Crippen LogP contribution in [0.5, 0.6) is 0 Å². The van der Waals surface area contributed by atoms with Crippen molar-refractivity contribution in [3.63, 3.8) is 0 Å². The lowest BCUT2D eigenvalue weighted by molar-refractivity contribution is -0.134. The number of hydrogen-bond acceptors (Lipinski definition) is 3. The van der Waals surface area contributed by atoms with Crippen molar-refractivity contribution in [2.75, 3.05) is 5.32 Å². The molecule has 0 saturated heterocycles. The second-order valence-electron chi connectivity index (χ2n) is 4.76. The molecule has 9 heteroatoms. The van der Waals surface area contributed by atoms with E-state index in [9.17, 15) is 18.0 Å². The van der Waals surface area contributed by atoms with Crippen molar-refractivity contribution >= 4 is 44.9 Å². The number of hydrogen-bond donors (Lipinski definition) is 2. The molecule has 0 unspecified atom stereocenters. The van der Waals surface area contributed by atoms with Gasteiger partial charge in [-0.1, -0.05) is 29.0 Å². The van der Waals surface area contributed by atoms with Crippen LogP contribution in [0.15, 0.2) is 30.6 Å². The third-order valence-corrected chi connectivity index (χ3v) is 4.30. The zero-order valence-electron chi connectivity index (χ0n) is 11.4. The van der Waals surface area contributed by atoms with Gasteiger partial charge in [-0.05, 0) is 17.7 Å². The van der Waals surface area contributed by atoms with Gasteiger partial charge in [0.15, 0.2) is 5.13 Å².